The number of aliphatic hydroxyl groups excluding tert-OH is 1. The third-order valence-electron chi connectivity index (χ3n) is 2.19. The number of carboxylic acids is 1. The molecular formula is C7H11FO3. The maximum Gasteiger partial charge on any atom is 0.306 e. The smallest absolute Gasteiger partial charge is 0.306 e. The van der Waals surface area contributed by atoms with E-state index < -0.39 is 18.1 Å². The summed E-state index contributed by atoms with van der Waals surface area (Å²) in [6.45, 7) is -0.225. The Morgan fingerprint density at radius 2 is 2.18 bits per heavy atom. The number of aliphatic carboxylic acids is 1. The highest BCUT2D eigenvalue weighted by atomic mass is 19.1. The molecule has 11 heavy (non-hydrogen) atoms. The van der Waals surface area contributed by atoms with Gasteiger partial charge in [-0.2, -0.15) is 0 Å². The molecule has 0 amide bonds. The van der Waals surface area contributed by atoms with Crippen LogP contribution in [0.3, 0.4) is 0 Å². The molecule has 4 heteroatoms. The molecule has 3 atom stereocenters. The van der Waals surface area contributed by atoms with Gasteiger partial charge in [0.2, 0.25) is 0 Å². The van der Waals surface area contributed by atoms with Crippen LogP contribution in [-0.2, 0) is 4.79 Å². The quantitative estimate of drug-likeness (QED) is 0.619. The van der Waals surface area contributed by atoms with E-state index in [1.54, 1.807) is 0 Å². The van der Waals surface area contributed by atoms with Crippen molar-refractivity contribution in [3.8, 4) is 0 Å². The van der Waals surface area contributed by atoms with E-state index in [0.29, 0.717) is 0 Å². The summed E-state index contributed by atoms with van der Waals surface area (Å²) < 4.78 is 12.6. The summed E-state index contributed by atoms with van der Waals surface area (Å²) in [6, 6.07) is 0. The molecule has 1 saturated carbocycles. The van der Waals surface area contributed by atoms with Crippen LogP contribution in [0.25, 0.3) is 0 Å². The minimum Gasteiger partial charge on any atom is -0.481 e. The van der Waals surface area contributed by atoms with Crippen LogP contribution in [0.4, 0.5) is 4.39 Å². The summed E-state index contributed by atoms with van der Waals surface area (Å²) in [5.41, 5.74) is 0. The molecule has 64 valence electrons. The monoisotopic (exact) mass is 162 g/mol. The van der Waals surface area contributed by atoms with E-state index in [-0.39, 0.29) is 25.4 Å². The number of carboxylic acid groups (broad SMARTS) is 1. The number of halogens is 1. The van der Waals surface area contributed by atoms with Gasteiger partial charge in [-0.05, 0) is 18.8 Å². The molecule has 0 spiro atoms. The first kappa shape index (κ1) is 8.46. The molecule has 0 aliphatic heterocycles. The fourth-order valence-electron chi connectivity index (χ4n) is 1.56. The molecule has 1 rings (SSSR count). The average molecular weight is 162 g/mol. The molecule has 1 aliphatic carbocycles. The molecule has 1 fully saturated rings. The van der Waals surface area contributed by atoms with Crippen molar-refractivity contribution in [3.63, 3.8) is 0 Å². The third-order valence-corrected chi connectivity index (χ3v) is 2.19. The van der Waals surface area contributed by atoms with Crippen LogP contribution in [-0.4, -0.2) is 29.0 Å². The van der Waals surface area contributed by atoms with Crippen LogP contribution in [0, 0.1) is 11.8 Å². The maximum atomic E-state index is 12.6. The third kappa shape index (κ3) is 1.68. The van der Waals surface area contributed by atoms with E-state index in [9.17, 15) is 9.18 Å². The molecule has 0 heterocycles. The Labute approximate surface area is 63.8 Å². The molecule has 0 saturated heterocycles. The molecule has 0 aromatic rings. The number of hydrogen-bond donors (Lipinski definition) is 2. The van der Waals surface area contributed by atoms with Crippen molar-refractivity contribution in [1.29, 1.82) is 0 Å². The van der Waals surface area contributed by atoms with E-state index >= 15 is 0 Å². The van der Waals surface area contributed by atoms with Gasteiger partial charge in [-0.15, -0.1) is 0 Å². The summed E-state index contributed by atoms with van der Waals surface area (Å²) in [6.07, 6.45) is -0.804. The highest BCUT2D eigenvalue weighted by molar-refractivity contribution is 5.70. The molecule has 0 radical (unpaired) electrons. The van der Waals surface area contributed by atoms with Gasteiger partial charge in [0.15, 0.2) is 0 Å². The van der Waals surface area contributed by atoms with E-state index in [4.69, 9.17) is 10.2 Å². The van der Waals surface area contributed by atoms with Crippen LogP contribution >= 0.6 is 0 Å². The average Bonchev–Trinajstić information content (AvgIpc) is 2.30. The maximum absolute atomic E-state index is 12.6. The molecule has 3 nitrogen and oxygen atoms in total. The van der Waals surface area contributed by atoms with Crippen molar-refractivity contribution in [3.05, 3.63) is 0 Å². The SMILES string of the molecule is O=C(O)C1CC(F)CC1CO. The first-order valence-electron chi connectivity index (χ1n) is 3.63. The van der Waals surface area contributed by atoms with Gasteiger partial charge in [0.1, 0.15) is 6.17 Å². The molecule has 3 unspecified atom stereocenters. The Morgan fingerprint density at radius 1 is 1.55 bits per heavy atom. The number of hydrogen-bond acceptors (Lipinski definition) is 2. The summed E-state index contributed by atoms with van der Waals surface area (Å²) in [7, 11) is 0. The molecule has 2 N–H and O–H groups in total. The Balaban J connectivity index is 2.57. The van der Waals surface area contributed by atoms with Crippen molar-refractivity contribution in [1.82, 2.24) is 0 Å². The molecule has 1 aliphatic rings. The number of rotatable bonds is 2. The summed E-state index contributed by atoms with van der Waals surface area (Å²) in [5, 5.41) is 17.2. The molecular weight excluding hydrogens is 151 g/mol. The Hall–Kier alpha value is -0.640. The minimum absolute atomic E-state index is 0.0561. The highest BCUT2D eigenvalue weighted by Gasteiger charge is 2.38. The van der Waals surface area contributed by atoms with E-state index in [1.807, 2.05) is 0 Å². The van der Waals surface area contributed by atoms with Crippen molar-refractivity contribution in [2.24, 2.45) is 11.8 Å². The van der Waals surface area contributed by atoms with Crippen molar-refractivity contribution >= 4 is 5.97 Å². The van der Waals surface area contributed by atoms with Gasteiger partial charge in [0.05, 0.1) is 5.92 Å². The first-order valence-corrected chi connectivity index (χ1v) is 3.63. The topological polar surface area (TPSA) is 57.5 Å². The lowest BCUT2D eigenvalue weighted by atomic mass is 9.97. The van der Waals surface area contributed by atoms with Crippen LogP contribution < -0.4 is 0 Å². The van der Waals surface area contributed by atoms with Crippen molar-refractivity contribution in [2.75, 3.05) is 6.61 Å². The van der Waals surface area contributed by atoms with Crippen molar-refractivity contribution in [2.45, 2.75) is 19.0 Å². The van der Waals surface area contributed by atoms with Crippen molar-refractivity contribution < 1.29 is 19.4 Å². The minimum atomic E-state index is -1.05. The molecule has 0 aromatic heterocycles. The summed E-state index contributed by atoms with van der Waals surface area (Å²) >= 11 is 0. The van der Waals surface area contributed by atoms with Gasteiger partial charge in [-0.1, -0.05) is 0 Å². The largest absolute Gasteiger partial charge is 0.481 e. The summed E-state index contributed by atoms with van der Waals surface area (Å²) in [4.78, 5) is 10.4. The molecule has 0 bridgehead atoms. The van der Waals surface area contributed by atoms with E-state index in [1.165, 1.54) is 0 Å². The van der Waals surface area contributed by atoms with Crippen LogP contribution in [0.15, 0.2) is 0 Å². The van der Waals surface area contributed by atoms with Gasteiger partial charge in [-0.3, -0.25) is 4.79 Å². The zero-order valence-corrected chi connectivity index (χ0v) is 6.03. The molecule has 0 aromatic carbocycles. The van der Waals surface area contributed by atoms with Crippen LogP contribution in [0.2, 0.25) is 0 Å². The zero-order chi connectivity index (χ0) is 8.43. The predicted molar refractivity (Wildman–Crippen MR) is 35.8 cm³/mol. The number of aliphatic hydroxyl groups is 1. The predicted octanol–water partition coefficient (Wildman–Crippen LogP) is 0.428. The Bertz CT molecular complexity index is 160. The second-order valence-corrected chi connectivity index (χ2v) is 2.96. The lowest BCUT2D eigenvalue weighted by molar-refractivity contribution is -0.143. The number of carbonyl (C=O) groups is 1. The highest BCUT2D eigenvalue weighted by Crippen LogP contribution is 2.33. The Kier molecular flexibility index (Phi) is 2.44. The fourth-order valence-corrected chi connectivity index (χ4v) is 1.56. The standard InChI is InChI=1S/C7H11FO3/c8-5-1-4(3-9)6(2-5)7(10)11/h4-6,9H,1-3H2,(H,10,11). The normalized spacial score (nSPS) is 37.5. The lowest BCUT2D eigenvalue weighted by Gasteiger charge is -2.10. The number of alkyl halides is 1. The Morgan fingerprint density at radius 3 is 2.55 bits per heavy atom. The van der Waals surface area contributed by atoms with Gasteiger partial charge < -0.3 is 10.2 Å². The van der Waals surface area contributed by atoms with Gasteiger partial charge in [0.25, 0.3) is 0 Å². The first-order chi connectivity index (χ1) is 5.15. The second-order valence-electron chi connectivity index (χ2n) is 2.96. The fraction of sp³-hybridized carbons (Fsp3) is 0.857. The van der Waals surface area contributed by atoms with Crippen LogP contribution in [0.1, 0.15) is 12.8 Å². The van der Waals surface area contributed by atoms with Gasteiger partial charge in [-0.25, -0.2) is 4.39 Å². The van der Waals surface area contributed by atoms with Crippen LogP contribution in [0.5, 0.6) is 0 Å². The zero-order valence-electron chi connectivity index (χ0n) is 6.03. The van der Waals surface area contributed by atoms with Gasteiger partial charge in [0, 0.05) is 6.61 Å². The van der Waals surface area contributed by atoms with E-state index in [0.717, 1.165) is 0 Å². The van der Waals surface area contributed by atoms with Gasteiger partial charge >= 0.3 is 5.97 Å². The lowest BCUT2D eigenvalue weighted by Crippen LogP contribution is -2.20. The second kappa shape index (κ2) is 3.17. The summed E-state index contributed by atoms with van der Waals surface area (Å²) in [5.74, 6) is -2.07. The van der Waals surface area contributed by atoms with E-state index in [2.05, 4.69) is 0 Å².